The molecule has 0 spiro atoms. The van der Waals surface area contributed by atoms with Crippen LogP contribution in [0.2, 0.25) is 0 Å². The van der Waals surface area contributed by atoms with Crippen molar-refractivity contribution in [2.75, 3.05) is 5.73 Å². The van der Waals surface area contributed by atoms with Gasteiger partial charge in [0.25, 0.3) is 0 Å². The number of para-hydroxylation sites is 1. The summed E-state index contributed by atoms with van der Waals surface area (Å²) >= 11 is 1.11. The minimum absolute atomic E-state index is 0.0211. The molecule has 2 aromatic carbocycles. The molecule has 0 fully saturated rings. The number of benzene rings is 2. The summed E-state index contributed by atoms with van der Waals surface area (Å²) in [5, 5.41) is 11.9. The first-order valence-corrected chi connectivity index (χ1v) is 10.1. The van der Waals surface area contributed by atoms with Gasteiger partial charge in [-0.3, -0.25) is 4.79 Å². The fourth-order valence-corrected chi connectivity index (χ4v) is 3.69. The molecule has 1 amide bonds. The van der Waals surface area contributed by atoms with Crippen LogP contribution in [-0.2, 0) is 21.3 Å². The number of hydrogen-bond acceptors (Lipinski definition) is 9. The first kappa shape index (κ1) is 19.5. The van der Waals surface area contributed by atoms with Gasteiger partial charge in [-0.15, -0.1) is 10.2 Å². The third-order valence-corrected chi connectivity index (χ3v) is 5.34. The highest BCUT2D eigenvalue weighted by atomic mass is 32.2. The first-order valence-electron chi connectivity index (χ1n) is 7.92. The molecule has 3 aromatic rings. The number of hydrogen-bond donors (Lipinski definition) is 2. The molecule has 3 N–H and O–H groups in total. The van der Waals surface area contributed by atoms with Gasteiger partial charge in [0.05, 0.1) is 12.6 Å². The summed E-state index contributed by atoms with van der Waals surface area (Å²) in [5.74, 6) is -0.330. The second kappa shape index (κ2) is 8.59. The quantitative estimate of drug-likeness (QED) is 0.338. The molecular formula is C17H15N5O4S2. The van der Waals surface area contributed by atoms with E-state index in [1.807, 2.05) is 0 Å². The van der Waals surface area contributed by atoms with E-state index in [0.29, 0.717) is 10.6 Å². The average Bonchev–Trinajstić information content (AvgIpc) is 3.08. The molecule has 0 unspecified atom stereocenters. The number of nitrogens with one attached hydrogen (secondary N) is 1. The van der Waals surface area contributed by atoms with Gasteiger partial charge in [-0.1, -0.05) is 41.7 Å². The highest BCUT2D eigenvalue weighted by molar-refractivity contribution is 7.87. The Labute approximate surface area is 165 Å². The second-order valence-electron chi connectivity index (χ2n) is 5.39. The number of nitrogens with two attached hydrogens (primary N) is 1. The van der Waals surface area contributed by atoms with Gasteiger partial charge in [-0.2, -0.15) is 13.5 Å². The molecule has 1 aromatic heterocycles. The van der Waals surface area contributed by atoms with Gasteiger partial charge in [-0.05, 0) is 24.3 Å². The number of nitrogens with zero attached hydrogens (tertiary/aromatic N) is 3. The fourth-order valence-electron chi connectivity index (χ4n) is 2.11. The third-order valence-electron chi connectivity index (χ3n) is 3.34. The van der Waals surface area contributed by atoms with Crippen molar-refractivity contribution >= 4 is 38.7 Å². The van der Waals surface area contributed by atoms with Crippen molar-refractivity contribution in [3.8, 4) is 5.75 Å². The van der Waals surface area contributed by atoms with Gasteiger partial charge < -0.3 is 9.92 Å². The Balaban J connectivity index is 1.68. The van der Waals surface area contributed by atoms with Crippen molar-refractivity contribution in [2.45, 2.75) is 11.3 Å². The van der Waals surface area contributed by atoms with Crippen LogP contribution in [0.5, 0.6) is 5.75 Å². The number of nitrogen functional groups attached to an aromatic ring is 1. The summed E-state index contributed by atoms with van der Waals surface area (Å²) in [6, 6.07) is 14.2. The zero-order valence-electron chi connectivity index (χ0n) is 14.3. The predicted molar refractivity (Wildman–Crippen MR) is 104 cm³/mol. The molecule has 0 aliphatic rings. The number of amides is 1. The molecule has 144 valence electrons. The molecule has 28 heavy (non-hydrogen) atoms. The van der Waals surface area contributed by atoms with Crippen molar-refractivity contribution < 1.29 is 17.4 Å². The molecular weight excluding hydrogens is 402 g/mol. The Morgan fingerprint density at radius 2 is 1.86 bits per heavy atom. The molecule has 0 saturated carbocycles. The zero-order valence-corrected chi connectivity index (χ0v) is 16.0. The third kappa shape index (κ3) is 5.11. The maximum absolute atomic E-state index is 12.4. The Morgan fingerprint density at radius 1 is 1.14 bits per heavy atom. The molecule has 1 heterocycles. The molecule has 0 saturated heterocycles. The van der Waals surface area contributed by atoms with Gasteiger partial charge in [0.2, 0.25) is 11.0 Å². The van der Waals surface area contributed by atoms with Crippen LogP contribution < -0.4 is 15.3 Å². The van der Waals surface area contributed by atoms with Crippen LogP contribution in [-0.4, -0.2) is 30.7 Å². The number of hydrazone groups is 1. The fraction of sp³-hybridized carbons (Fsp3) is 0.0588. The van der Waals surface area contributed by atoms with Crippen LogP contribution in [0.4, 0.5) is 5.13 Å². The zero-order chi connectivity index (χ0) is 20.0. The molecule has 3 rings (SSSR count). The maximum atomic E-state index is 12.4. The minimum Gasteiger partial charge on any atom is -0.378 e. The van der Waals surface area contributed by atoms with Crippen LogP contribution >= 0.6 is 11.3 Å². The number of carbonyl (C=O) groups is 1. The van der Waals surface area contributed by atoms with E-state index in [4.69, 9.17) is 9.92 Å². The van der Waals surface area contributed by atoms with Gasteiger partial charge >= 0.3 is 10.1 Å². The van der Waals surface area contributed by atoms with Crippen LogP contribution in [0.1, 0.15) is 10.6 Å². The van der Waals surface area contributed by atoms with E-state index in [1.165, 1.54) is 24.4 Å². The minimum atomic E-state index is -3.99. The lowest BCUT2D eigenvalue weighted by Crippen LogP contribution is -2.19. The summed E-state index contributed by atoms with van der Waals surface area (Å²) in [6.45, 7) is 0. The Bertz CT molecular complexity index is 1100. The molecule has 0 radical (unpaired) electrons. The average molecular weight is 417 g/mol. The first-order chi connectivity index (χ1) is 13.4. The summed E-state index contributed by atoms with van der Waals surface area (Å²) in [7, 11) is -3.99. The van der Waals surface area contributed by atoms with E-state index in [1.54, 1.807) is 36.4 Å². The van der Waals surface area contributed by atoms with Crippen molar-refractivity contribution in [1.29, 1.82) is 0 Å². The predicted octanol–water partition coefficient (Wildman–Crippen LogP) is 1.58. The monoisotopic (exact) mass is 417 g/mol. The Kier molecular flexibility index (Phi) is 5.96. The molecule has 11 heteroatoms. The molecule has 0 atom stereocenters. The summed E-state index contributed by atoms with van der Waals surface area (Å²) in [5.41, 5.74) is 8.17. The highest BCUT2D eigenvalue weighted by Crippen LogP contribution is 2.21. The van der Waals surface area contributed by atoms with E-state index in [0.717, 1.165) is 11.3 Å². The lowest BCUT2D eigenvalue weighted by molar-refractivity contribution is -0.120. The lowest BCUT2D eigenvalue weighted by Gasteiger charge is -2.09. The SMILES string of the molecule is Nc1nnc(CC(=O)N/N=C/c2ccccc2OS(=O)(=O)c2ccccc2)s1. The lowest BCUT2D eigenvalue weighted by atomic mass is 10.2. The van der Waals surface area contributed by atoms with Crippen molar-refractivity contribution in [1.82, 2.24) is 15.6 Å². The normalized spacial score (nSPS) is 11.4. The van der Waals surface area contributed by atoms with Gasteiger partial charge in [0.15, 0.2) is 5.75 Å². The molecule has 9 nitrogen and oxygen atoms in total. The smallest absolute Gasteiger partial charge is 0.339 e. The molecule has 0 aliphatic heterocycles. The summed E-state index contributed by atoms with van der Waals surface area (Å²) in [6.07, 6.45) is 1.27. The van der Waals surface area contributed by atoms with Crippen LogP contribution in [0.15, 0.2) is 64.6 Å². The Morgan fingerprint density at radius 3 is 2.57 bits per heavy atom. The van der Waals surface area contributed by atoms with Crippen LogP contribution in [0.3, 0.4) is 0 Å². The molecule has 0 aliphatic carbocycles. The van der Waals surface area contributed by atoms with Crippen LogP contribution in [0, 0.1) is 0 Å². The standard InChI is InChI=1S/C17H15N5O4S2/c18-17-22-21-16(27-17)10-15(23)20-19-11-12-6-4-5-9-14(12)26-28(24,25)13-7-2-1-3-8-13/h1-9,11H,10H2,(H2,18,22)(H,20,23)/b19-11+. The molecule has 0 bridgehead atoms. The largest absolute Gasteiger partial charge is 0.378 e. The number of carbonyl (C=O) groups excluding carboxylic acids is 1. The van der Waals surface area contributed by atoms with Gasteiger partial charge in [0, 0.05) is 5.56 Å². The Hall–Kier alpha value is -3.31. The van der Waals surface area contributed by atoms with E-state index >= 15 is 0 Å². The van der Waals surface area contributed by atoms with Gasteiger partial charge in [0.1, 0.15) is 9.90 Å². The topological polar surface area (TPSA) is 137 Å². The summed E-state index contributed by atoms with van der Waals surface area (Å²) in [4.78, 5) is 11.9. The highest BCUT2D eigenvalue weighted by Gasteiger charge is 2.17. The summed E-state index contributed by atoms with van der Waals surface area (Å²) < 4.78 is 30.0. The number of rotatable bonds is 7. The maximum Gasteiger partial charge on any atom is 0.339 e. The van der Waals surface area contributed by atoms with Gasteiger partial charge in [-0.25, -0.2) is 5.43 Å². The van der Waals surface area contributed by atoms with E-state index in [9.17, 15) is 13.2 Å². The van der Waals surface area contributed by atoms with E-state index in [-0.39, 0.29) is 22.2 Å². The van der Waals surface area contributed by atoms with Crippen molar-refractivity contribution in [3.63, 3.8) is 0 Å². The second-order valence-corrected chi connectivity index (χ2v) is 8.03. The van der Waals surface area contributed by atoms with Crippen LogP contribution in [0.25, 0.3) is 0 Å². The number of aromatic nitrogens is 2. The van der Waals surface area contributed by atoms with Crippen molar-refractivity contribution in [2.24, 2.45) is 5.10 Å². The van der Waals surface area contributed by atoms with E-state index in [2.05, 4.69) is 20.7 Å². The number of anilines is 1. The van der Waals surface area contributed by atoms with E-state index < -0.39 is 16.0 Å². The van der Waals surface area contributed by atoms with Crippen molar-refractivity contribution in [3.05, 3.63) is 65.2 Å².